The Kier molecular flexibility index (Phi) is 6.01. The molecule has 2 N–H and O–H groups in total. The van der Waals surface area contributed by atoms with E-state index >= 15 is 0 Å². The van der Waals surface area contributed by atoms with E-state index in [2.05, 4.69) is 0 Å². The maximum atomic E-state index is 9.64. The van der Waals surface area contributed by atoms with Crippen molar-refractivity contribution in [3.63, 3.8) is 0 Å². The van der Waals surface area contributed by atoms with Gasteiger partial charge in [-0.3, -0.25) is 14.3 Å². The quantitative estimate of drug-likeness (QED) is 0.579. The van der Waals surface area contributed by atoms with Gasteiger partial charge in [0.2, 0.25) is 0 Å². The van der Waals surface area contributed by atoms with Crippen molar-refractivity contribution in [3.8, 4) is 0 Å². The molecule has 0 saturated carbocycles. The highest BCUT2D eigenvalue weighted by Gasteiger charge is 2.00. The molecule has 0 unspecified atom stereocenters. The minimum Gasteiger partial charge on any atom is -0.481 e. The van der Waals surface area contributed by atoms with Gasteiger partial charge in [-0.25, -0.2) is 0 Å². The number of rotatable bonds is 3. The van der Waals surface area contributed by atoms with Crippen molar-refractivity contribution in [2.45, 2.75) is 12.8 Å². The van der Waals surface area contributed by atoms with Gasteiger partial charge in [0.25, 0.3) is 0 Å². The molecule has 0 aliphatic carbocycles. The Bertz CT molecular complexity index is 97.1. The number of aliphatic carboxylic acids is 2. The van der Waals surface area contributed by atoms with Crippen molar-refractivity contribution < 1.29 is 24.5 Å². The van der Waals surface area contributed by atoms with E-state index in [9.17, 15) is 9.59 Å². The lowest BCUT2D eigenvalue weighted by Gasteiger charge is -1.85. The molecule has 0 aromatic heterocycles. The fourth-order valence-electron chi connectivity index (χ4n) is 0.214. The van der Waals surface area contributed by atoms with Gasteiger partial charge in [0, 0.05) is 0 Å². The van der Waals surface area contributed by atoms with Crippen molar-refractivity contribution in [1.29, 1.82) is 0 Å². The van der Waals surface area contributed by atoms with Gasteiger partial charge in [0.15, 0.2) is 0 Å². The zero-order valence-corrected chi connectivity index (χ0v) is 4.53. The summed E-state index contributed by atoms with van der Waals surface area (Å²) in [5.41, 5.74) is 0. The van der Waals surface area contributed by atoms with Crippen LogP contribution in [0.25, 0.3) is 0 Å². The van der Waals surface area contributed by atoms with E-state index in [1.54, 1.807) is 0 Å². The Morgan fingerprint density at radius 2 is 1.22 bits per heavy atom. The Hall–Kier alpha value is -1.13. The lowest BCUT2D eigenvalue weighted by molar-refractivity contribution is -0.143. The first-order valence-corrected chi connectivity index (χ1v) is 2.06. The molecule has 0 saturated heterocycles. The van der Waals surface area contributed by atoms with Gasteiger partial charge in [-0.1, -0.05) is 0 Å². The van der Waals surface area contributed by atoms with Crippen LogP contribution in [0.15, 0.2) is 0 Å². The molecule has 0 spiro atoms. The van der Waals surface area contributed by atoms with E-state index in [-0.39, 0.29) is 17.5 Å². The fraction of sp³-hybridized carbons (Fsp3) is 0.500. The summed E-state index contributed by atoms with van der Waals surface area (Å²) in [5, 5.41) is 15.8. The molecule has 0 aromatic carbocycles. The number of hydrogen-bond acceptors (Lipinski definition) is 2. The number of carboxylic acids is 2. The first-order valence-electron chi connectivity index (χ1n) is 2.06. The molecule has 0 amide bonds. The van der Waals surface area contributed by atoms with Gasteiger partial charge in [0.1, 0.15) is 0 Å². The molecule has 0 aliphatic rings. The Labute approximate surface area is 50.5 Å². The minimum absolute atomic E-state index is 0. The molecule has 54 valence electrons. The number of halogens is 1. The maximum absolute atomic E-state index is 9.64. The van der Waals surface area contributed by atoms with Crippen LogP contribution in [-0.2, 0) is 9.59 Å². The van der Waals surface area contributed by atoms with Crippen LogP contribution in [-0.4, -0.2) is 22.2 Å². The Morgan fingerprint density at radius 1 is 1.00 bits per heavy atom. The van der Waals surface area contributed by atoms with E-state index in [1.165, 1.54) is 0 Å². The number of carbonyl (C=O) groups is 2. The Balaban J connectivity index is 0. The molecule has 0 rings (SSSR count). The molecule has 0 radical (unpaired) electrons. The summed E-state index contributed by atoms with van der Waals surface area (Å²) < 4.78 is 0. The molecule has 0 atom stereocenters. The normalized spacial score (nSPS) is 7.56. The van der Waals surface area contributed by atoms with Crippen LogP contribution < -0.4 is 0 Å². The fourth-order valence-corrected chi connectivity index (χ4v) is 0.214. The number of carboxylic acid groups (broad SMARTS) is 2. The van der Waals surface area contributed by atoms with Crippen molar-refractivity contribution in [2.75, 3.05) is 0 Å². The van der Waals surface area contributed by atoms with Crippen LogP contribution in [0.4, 0.5) is 4.70 Å². The van der Waals surface area contributed by atoms with Crippen LogP contribution in [0, 0.1) is 0 Å². The second-order valence-corrected chi connectivity index (χ2v) is 1.29. The predicted molar refractivity (Wildman–Crippen MR) is 27.0 cm³/mol. The van der Waals surface area contributed by atoms with E-state index in [1.807, 2.05) is 0 Å². The van der Waals surface area contributed by atoms with Crippen LogP contribution >= 0.6 is 0 Å². The average Bonchev–Trinajstić information content (AvgIpc) is 1.61. The second-order valence-electron chi connectivity index (χ2n) is 1.29. The summed E-state index contributed by atoms with van der Waals surface area (Å²) in [5.74, 6) is -2.15. The van der Waals surface area contributed by atoms with Crippen molar-refractivity contribution in [2.24, 2.45) is 0 Å². The third-order valence-corrected chi connectivity index (χ3v) is 0.553. The molecular formula is C4H7FO4. The van der Waals surface area contributed by atoms with Gasteiger partial charge in [-0.2, -0.15) is 0 Å². The lowest BCUT2D eigenvalue weighted by Crippen LogP contribution is -2.00. The van der Waals surface area contributed by atoms with Crippen LogP contribution in [0.5, 0.6) is 0 Å². The highest BCUT2D eigenvalue weighted by atomic mass is 19.0. The van der Waals surface area contributed by atoms with Crippen LogP contribution in [0.1, 0.15) is 12.8 Å². The molecular weight excluding hydrogens is 131 g/mol. The van der Waals surface area contributed by atoms with E-state index in [4.69, 9.17) is 10.2 Å². The molecule has 0 heterocycles. The molecule has 0 fully saturated rings. The van der Waals surface area contributed by atoms with E-state index < -0.39 is 11.9 Å². The maximum Gasteiger partial charge on any atom is 0.303 e. The molecule has 0 bridgehead atoms. The van der Waals surface area contributed by atoms with Crippen LogP contribution in [0.2, 0.25) is 0 Å². The van der Waals surface area contributed by atoms with Gasteiger partial charge in [-0.05, 0) is 0 Å². The molecule has 4 nitrogen and oxygen atoms in total. The highest BCUT2D eigenvalue weighted by Crippen LogP contribution is 1.85. The molecule has 9 heavy (non-hydrogen) atoms. The topological polar surface area (TPSA) is 74.6 Å². The molecule has 0 aromatic rings. The average molecular weight is 138 g/mol. The van der Waals surface area contributed by atoms with Gasteiger partial charge in [0.05, 0.1) is 12.8 Å². The second kappa shape index (κ2) is 5.02. The van der Waals surface area contributed by atoms with Crippen molar-refractivity contribution >= 4 is 11.9 Å². The largest absolute Gasteiger partial charge is 0.481 e. The summed E-state index contributed by atoms with van der Waals surface area (Å²) in [4.78, 5) is 19.3. The zero-order chi connectivity index (χ0) is 6.57. The summed E-state index contributed by atoms with van der Waals surface area (Å²) in [6, 6.07) is 0. The van der Waals surface area contributed by atoms with E-state index in [0.29, 0.717) is 0 Å². The third-order valence-electron chi connectivity index (χ3n) is 0.553. The summed E-state index contributed by atoms with van der Waals surface area (Å²) in [6.07, 6.45) is -0.593. The highest BCUT2D eigenvalue weighted by molar-refractivity contribution is 5.75. The summed E-state index contributed by atoms with van der Waals surface area (Å²) >= 11 is 0. The van der Waals surface area contributed by atoms with Gasteiger partial charge in [-0.15, -0.1) is 0 Å². The molecule has 5 heteroatoms. The monoisotopic (exact) mass is 138 g/mol. The molecule has 0 aliphatic heterocycles. The zero-order valence-electron chi connectivity index (χ0n) is 4.53. The van der Waals surface area contributed by atoms with Crippen LogP contribution in [0.3, 0.4) is 0 Å². The summed E-state index contributed by atoms with van der Waals surface area (Å²) in [6.45, 7) is 0. The lowest BCUT2D eigenvalue weighted by atomic mass is 10.3. The first kappa shape index (κ1) is 10.8. The van der Waals surface area contributed by atoms with Gasteiger partial charge >= 0.3 is 11.9 Å². The van der Waals surface area contributed by atoms with Crippen molar-refractivity contribution in [1.82, 2.24) is 0 Å². The minimum atomic E-state index is -1.08. The summed E-state index contributed by atoms with van der Waals surface area (Å²) in [7, 11) is 0. The SMILES string of the molecule is F.O=C(O)CCC(=O)O. The predicted octanol–water partition coefficient (Wildman–Crippen LogP) is 0.0883. The smallest absolute Gasteiger partial charge is 0.303 e. The van der Waals surface area contributed by atoms with Crippen molar-refractivity contribution in [3.05, 3.63) is 0 Å². The van der Waals surface area contributed by atoms with Gasteiger partial charge < -0.3 is 10.2 Å². The third kappa shape index (κ3) is 10.9. The Morgan fingerprint density at radius 3 is 1.33 bits per heavy atom. The standard InChI is InChI=1S/C4H6O4.FH/c5-3(6)1-2-4(7)8;/h1-2H2,(H,5,6)(H,7,8);1H. The first-order chi connectivity index (χ1) is 3.63. The number of hydrogen-bond donors (Lipinski definition) is 2. The van der Waals surface area contributed by atoms with E-state index in [0.717, 1.165) is 0 Å².